The maximum absolute atomic E-state index is 13.9. The maximum atomic E-state index is 13.9. The van der Waals surface area contributed by atoms with E-state index in [9.17, 15) is 12.8 Å². The summed E-state index contributed by atoms with van der Waals surface area (Å²) in [4.78, 5) is -0.280. The number of nitrogens with one attached hydrogen (secondary N) is 2. The van der Waals surface area contributed by atoms with E-state index in [1.54, 1.807) is 17.8 Å². The zero-order chi connectivity index (χ0) is 15.9. The van der Waals surface area contributed by atoms with Gasteiger partial charge in [-0.3, -0.25) is 0 Å². The third kappa shape index (κ3) is 5.58. The first-order chi connectivity index (χ1) is 9.94. The molecule has 1 aromatic carbocycles. The fourth-order valence-electron chi connectivity index (χ4n) is 1.85. The number of thioether (sulfide) groups is 1. The summed E-state index contributed by atoms with van der Waals surface area (Å²) in [5.41, 5.74) is 0.747. The quantitative estimate of drug-likeness (QED) is 0.728. The molecule has 0 bridgehead atoms. The molecular weight excluding hydrogens is 311 g/mol. The van der Waals surface area contributed by atoms with Crippen LogP contribution in [0.3, 0.4) is 0 Å². The van der Waals surface area contributed by atoms with Crippen molar-refractivity contribution >= 4 is 21.8 Å². The first-order valence-corrected chi connectivity index (χ1v) is 9.82. The van der Waals surface area contributed by atoms with Gasteiger partial charge in [-0.2, -0.15) is 11.8 Å². The van der Waals surface area contributed by atoms with Crippen LogP contribution >= 0.6 is 11.8 Å². The molecule has 7 heteroatoms. The number of hydrogen-bond donors (Lipinski definition) is 2. The lowest BCUT2D eigenvalue weighted by Crippen LogP contribution is -2.36. The second kappa shape index (κ2) is 8.73. The lowest BCUT2D eigenvalue weighted by atomic mass is 10.2. The smallest absolute Gasteiger partial charge is 0.243 e. The van der Waals surface area contributed by atoms with Crippen molar-refractivity contribution in [2.75, 3.05) is 18.6 Å². The Hall–Kier alpha value is -0.630. The molecule has 1 aromatic rings. The molecule has 0 amide bonds. The zero-order valence-electron chi connectivity index (χ0n) is 12.6. The van der Waals surface area contributed by atoms with Crippen molar-refractivity contribution in [3.05, 3.63) is 29.6 Å². The summed E-state index contributed by atoms with van der Waals surface area (Å²) in [7, 11) is -3.84. The normalized spacial score (nSPS) is 13.3. The fraction of sp³-hybridized carbons (Fsp3) is 0.571. The fourth-order valence-corrected chi connectivity index (χ4v) is 4.13. The van der Waals surface area contributed by atoms with Gasteiger partial charge in [0.1, 0.15) is 10.7 Å². The molecule has 0 radical (unpaired) electrons. The first-order valence-electron chi connectivity index (χ1n) is 6.95. The van der Waals surface area contributed by atoms with E-state index in [1.165, 1.54) is 12.1 Å². The summed E-state index contributed by atoms with van der Waals surface area (Å²) in [6.07, 6.45) is 2.58. The molecule has 0 aliphatic heterocycles. The van der Waals surface area contributed by atoms with Crippen LogP contribution in [0.2, 0.25) is 0 Å². The Morgan fingerprint density at radius 2 is 2.05 bits per heavy atom. The van der Waals surface area contributed by atoms with Crippen molar-refractivity contribution in [1.29, 1.82) is 0 Å². The monoisotopic (exact) mass is 334 g/mol. The Morgan fingerprint density at radius 1 is 1.33 bits per heavy atom. The standard InChI is InChI=1S/C14H23FN2O2S2/c1-4-12(10-20-3)17-21(18,19)14-8-11(9-16-5-2)6-7-13(14)15/h6-8,12,16-17H,4-5,9-10H2,1-3H3. The Bertz CT molecular complexity index is 550. The highest BCUT2D eigenvalue weighted by atomic mass is 32.2. The highest BCUT2D eigenvalue weighted by Crippen LogP contribution is 2.18. The number of rotatable bonds is 9. The molecule has 0 saturated carbocycles. The van der Waals surface area contributed by atoms with Crippen LogP contribution in [0.5, 0.6) is 0 Å². The maximum Gasteiger partial charge on any atom is 0.243 e. The Balaban J connectivity index is 3.00. The van der Waals surface area contributed by atoms with Crippen molar-refractivity contribution in [2.24, 2.45) is 0 Å². The Labute approximate surface area is 131 Å². The lowest BCUT2D eigenvalue weighted by molar-refractivity contribution is 0.540. The van der Waals surface area contributed by atoms with Gasteiger partial charge in [0.2, 0.25) is 10.0 Å². The average Bonchev–Trinajstić information content (AvgIpc) is 2.45. The van der Waals surface area contributed by atoms with E-state index in [-0.39, 0.29) is 10.9 Å². The van der Waals surface area contributed by atoms with Crippen LogP contribution in [0.15, 0.2) is 23.1 Å². The number of hydrogen-bond acceptors (Lipinski definition) is 4. The predicted molar refractivity (Wildman–Crippen MR) is 86.6 cm³/mol. The number of sulfonamides is 1. The van der Waals surface area contributed by atoms with Gasteiger partial charge in [0.25, 0.3) is 0 Å². The van der Waals surface area contributed by atoms with Gasteiger partial charge in [0, 0.05) is 18.3 Å². The van der Waals surface area contributed by atoms with Crippen LogP contribution in [0.1, 0.15) is 25.8 Å². The van der Waals surface area contributed by atoms with E-state index in [2.05, 4.69) is 10.0 Å². The van der Waals surface area contributed by atoms with Gasteiger partial charge in [0.05, 0.1) is 0 Å². The second-order valence-corrected chi connectivity index (χ2v) is 7.32. The molecule has 4 nitrogen and oxygen atoms in total. The first kappa shape index (κ1) is 18.4. The molecule has 0 heterocycles. The summed E-state index contributed by atoms with van der Waals surface area (Å²) < 4.78 is 41.1. The van der Waals surface area contributed by atoms with Crippen LogP contribution in [0, 0.1) is 5.82 Å². The molecule has 0 spiro atoms. The van der Waals surface area contributed by atoms with Crippen LogP contribution in [0.25, 0.3) is 0 Å². The van der Waals surface area contributed by atoms with Crippen LogP contribution in [-0.4, -0.2) is 33.0 Å². The summed E-state index contributed by atoms with van der Waals surface area (Å²) in [6.45, 7) is 5.14. The van der Waals surface area contributed by atoms with Crippen LogP contribution in [-0.2, 0) is 16.6 Å². The zero-order valence-corrected chi connectivity index (χ0v) is 14.3. The molecule has 1 unspecified atom stereocenters. The molecular formula is C14H23FN2O2S2. The van der Waals surface area contributed by atoms with E-state index in [0.717, 1.165) is 12.1 Å². The van der Waals surface area contributed by atoms with Crippen LogP contribution in [0.4, 0.5) is 4.39 Å². The molecule has 2 N–H and O–H groups in total. The van der Waals surface area contributed by atoms with Gasteiger partial charge in [0.15, 0.2) is 0 Å². The van der Waals surface area contributed by atoms with Crippen molar-refractivity contribution in [1.82, 2.24) is 10.0 Å². The van der Waals surface area contributed by atoms with Gasteiger partial charge in [-0.05, 0) is 36.9 Å². The van der Waals surface area contributed by atoms with Crippen molar-refractivity contribution < 1.29 is 12.8 Å². The minimum atomic E-state index is -3.84. The Kier molecular flexibility index (Phi) is 7.65. The van der Waals surface area contributed by atoms with E-state index >= 15 is 0 Å². The third-order valence-corrected chi connectivity index (χ3v) is 5.32. The summed E-state index contributed by atoms with van der Waals surface area (Å²) >= 11 is 1.56. The molecule has 21 heavy (non-hydrogen) atoms. The molecule has 0 aromatic heterocycles. The van der Waals surface area contributed by atoms with Crippen LogP contribution < -0.4 is 10.0 Å². The van der Waals surface area contributed by atoms with Crippen molar-refractivity contribution in [3.8, 4) is 0 Å². The SMILES string of the molecule is CCNCc1ccc(F)c(S(=O)(=O)NC(CC)CSC)c1. The number of benzene rings is 1. The largest absolute Gasteiger partial charge is 0.313 e. The van der Waals surface area contributed by atoms with Gasteiger partial charge in [-0.15, -0.1) is 0 Å². The molecule has 0 fully saturated rings. The summed E-state index contributed by atoms with van der Waals surface area (Å²) in [6, 6.07) is 4.00. The highest BCUT2D eigenvalue weighted by molar-refractivity contribution is 7.98. The molecule has 1 rings (SSSR count). The Morgan fingerprint density at radius 3 is 2.62 bits per heavy atom. The molecule has 0 aliphatic carbocycles. The van der Waals surface area contributed by atoms with E-state index in [0.29, 0.717) is 18.7 Å². The van der Waals surface area contributed by atoms with Gasteiger partial charge in [-0.25, -0.2) is 17.5 Å². The molecule has 0 saturated heterocycles. The highest BCUT2D eigenvalue weighted by Gasteiger charge is 2.22. The van der Waals surface area contributed by atoms with E-state index in [1.807, 2.05) is 20.1 Å². The van der Waals surface area contributed by atoms with Gasteiger partial charge >= 0.3 is 0 Å². The van der Waals surface area contributed by atoms with Gasteiger partial charge < -0.3 is 5.32 Å². The third-order valence-electron chi connectivity index (χ3n) is 3.05. The summed E-state index contributed by atoms with van der Waals surface area (Å²) in [5.74, 6) is -0.0595. The van der Waals surface area contributed by atoms with E-state index < -0.39 is 15.8 Å². The predicted octanol–water partition coefficient (Wildman–Crippen LogP) is 2.36. The van der Waals surface area contributed by atoms with E-state index in [4.69, 9.17) is 0 Å². The minimum Gasteiger partial charge on any atom is -0.313 e. The summed E-state index contributed by atoms with van der Waals surface area (Å²) in [5, 5.41) is 3.09. The lowest BCUT2D eigenvalue weighted by Gasteiger charge is -2.16. The molecule has 0 aliphatic rings. The topological polar surface area (TPSA) is 58.2 Å². The molecule has 120 valence electrons. The van der Waals surface area contributed by atoms with Crippen molar-refractivity contribution in [2.45, 2.75) is 37.8 Å². The number of halogens is 1. The average molecular weight is 334 g/mol. The van der Waals surface area contributed by atoms with Gasteiger partial charge in [-0.1, -0.05) is 19.9 Å². The minimum absolute atomic E-state index is 0.193. The molecule has 1 atom stereocenters. The second-order valence-electron chi connectivity index (χ2n) is 4.73. The van der Waals surface area contributed by atoms with Crippen molar-refractivity contribution in [3.63, 3.8) is 0 Å².